The van der Waals surface area contributed by atoms with Gasteiger partial charge in [0.1, 0.15) is 10.7 Å². The van der Waals surface area contributed by atoms with Crippen molar-refractivity contribution in [3.8, 4) is 16.4 Å². The van der Waals surface area contributed by atoms with Gasteiger partial charge in [0.25, 0.3) is 5.91 Å². The molecule has 0 saturated heterocycles. The molecule has 1 N–H and O–H groups in total. The Morgan fingerprint density at radius 1 is 1.15 bits per heavy atom. The topological polar surface area (TPSA) is 72.7 Å². The molecule has 0 unspecified atom stereocenters. The first-order valence-corrected chi connectivity index (χ1v) is 8.94. The number of thiazole rings is 1. The van der Waals surface area contributed by atoms with Gasteiger partial charge in [-0.25, -0.2) is 14.6 Å². The number of hydrogen-bond acceptors (Lipinski definition) is 5. The highest BCUT2D eigenvalue weighted by Crippen LogP contribution is 2.25. The fourth-order valence-electron chi connectivity index (χ4n) is 2.30. The molecule has 0 fully saturated rings. The van der Waals surface area contributed by atoms with E-state index in [1.807, 2.05) is 18.2 Å². The van der Waals surface area contributed by atoms with Gasteiger partial charge in [0.15, 0.2) is 5.82 Å². The monoisotopic (exact) mass is 381 g/mol. The molecule has 128 valence electrons. The Labute approximate surface area is 158 Å². The van der Waals surface area contributed by atoms with Gasteiger partial charge in [-0.15, -0.1) is 11.3 Å². The third-order valence-corrected chi connectivity index (χ3v) is 4.72. The Hall–Kier alpha value is -3.03. The number of halogens is 1. The minimum Gasteiger partial charge on any atom is -0.319 e. The van der Waals surface area contributed by atoms with E-state index in [2.05, 4.69) is 20.4 Å². The van der Waals surface area contributed by atoms with Crippen LogP contribution in [0.15, 0.2) is 66.4 Å². The van der Waals surface area contributed by atoms with Crippen molar-refractivity contribution in [3.05, 3.63) is 77.2 Å². The third kappa shape index (κ3) is 3.49. The third-order valence-electron chi connectivity index (χ3n) is 3.57. The van der Waals surface area contributed by atoms with Crippen LogP contribution in [-0.4, -0.2) is 25.7 Å². The maximum absolute atomic E-state index is 12.4. The van der Waals surface area contributed by atoms with E-state index in [4.69, 9.17) is 11.6 Å². The Bertz CT molecular complexity index is 1030. The lowest BCUT2D eigenvalue weighted by atomic mass is 10.2. The van der Waals surface area contributed by atoms with E-state index in [0.29, 0.717) is 22.2 Å². The molecule has 0 aliphatic heterocycles. The molecule has 4 aromatic rings. The van der Waals surface area contributed by atoms with Crippen molar-refractivity contribution >= 4 is 34.5 Å². The van der Waals surface area contributed by atoms with Gasteiger partial charge >= 0.3 is 0 Å². The van der Waals surface area contributed by atoms with Crippen molar-refractivity contribution < 1.29 is 4.79 Å². The van der Waals surface area contributed by atoms with Crippen LogP contribution in [0.5, 0.6) is 0 Å². The Kier molecular flexibility index (Phi) is 4.47. The first-order valence-electron chi connectivity index (χ1n) is 7.68. The summed E-state index contributed by atoms with van der Waals surface area (Å²) in [7, 11) is 0. The largest absolute Gasteiger partial charge is 0.319 e. The average molecular weight is 382 g/mol. The molecule has 0 bridgehead atoms. The zero-order valence-electron chi connectivity index (χ0n) is 13.3. The normalized spacial score (nSPS) is 10.7. The van der Waals surface area contributed by atoms with Crippen molar-refractivity contribution in [1.29, 1.82) is 0 Å². The highest BCUT2D eigenvalue weighted by atomic mass is 35.5. The summed E-state index contributed by atoms with van der Waals surface area (Å²) < 4.78 is 1.64. The zero-order valence-corrected chi connectivity index (χ0v) is 14.9. The van der Waals surface area contributed by atoms with Crippen LogP contribution >= 0.6 is 22.9 Å². The maximum Gasteiger partial charge on any atom is 0.275 e. The molecule has 3 heterocycles. The van der Waals surface area contributed by atoms with Gasteiger partial charge < -0.3 is 5.32 Å². The van der Waals surface area contributed by atoms with E-state index < -0.39 is 0 Å². The van der Waals surface area contributed by atoms with Gasteiger partial charge in [0.2, 0.25) is 0 Å². The second kappa shape index (κ2) is 7.07. The zero-order chi connectivity index (χ0) is 17.9. The molecule has 0 aliphatic carbocycles. The van der Waals surface area contributed by atoms with Gasteiger partial charge in [-0.2, -0.15) is 5.10 Å². The average Bonchev–Trinajstić information content (AvgIpc) is 3.35. The number of rotatable bonds is 4. The molecule has 8 heteroatoms. The first kappa shape index (κ1) is 16.4. The summed E-state index contributed by atoms with van der Waals surface area (Å²) >= 11 is 7.30. The van der Waals surface area contributed by atoms with Crippen LogP contribution < -0.4 is 5.32 Å². The lowest BCUT2D eigenvalue weighted by Crippen LogP contribution is -2.12. The van der Waals surface area contributed by atoms with E-state index in [1.54, 1.807) is 52.9 Å². The predicted molar refractivity (Wildman–Crippen MR) is 102 cm³/mol. The van der Waals surface area contributed by atoms with E-state index in [0.717, 1.165) is 10.6 Å². The highest BCUT2D eigenvalue weighted by molar-refractivity contribution is 7.13. The number of amides is 1. The lowest BCUT2D eigenvalue weighted by molar-refractivity contribution is 0.102. The van der Waals surface area contributed by atoms with Gasteiger partial charge in [-0.05, 0) is 30.3 Å². The van der Waals surface area contributed by atoms with Crippen molar-refractivity contribution in [2.45, 2.75) is 0 Å². The number of pyridine rings is 1. The summed E-state index contributed by atoms with van der Waals surface area (Å²) in [6.07, 6.45) is 5.06. The summed E-state index contributed by atoms with van der Waals surface area (Å²) in [5.41, 5.74) is 1.87. The SMILES string of the molecule is O=C(Nc1ccc(-n2cccn2)nc1)c1csc(-c2ccc(Cl)cc2)n1. The molecule has 26 heavy (non-hydrogen) atoms. The number of nitrogens with one attached hydrogen (secondary N) is 1. The Balaban J connectivity index is 1.47. The van der Waals surface area contributed by atoms with Gasteiger partial charge in [0.05, 0.1) is 11.9 Å². The molecule has 1 amide bonds. The van der Waals surface area contributed by atoms with E-state index in [9.17, 15) is 4.79 Å². The minimum atomic E-state index is -0.282. The fourth-order valence-corrected chi connectivity index (χ4v) is 3.23. The summed E-state index contributed by atoms with van der Waals surface area (Å²) in [6.45, 7) is 0. The molecular formula is C18H12ClN5OS. The summed E-state index contributed by atoms with van der Waals surface area (Å²) in [5, 5.41) is 10.1. The van der Waals surface area contributed by atoms with Crippen molar-refractivity contribution in [2.24, 2.45) is 0 Å². The van der Waals surface area contributed by atoms with Crippen LogP contribution in [-0.2, 0) is 0 Å². The number of carbonyl (C=O) groups is 1. The molecule has 0 radical (unpaired) electrons. The summed E-state index contributed by atoms with van der Waals surface area (Å²) in [4.78, 5) is 21.1. The molecule has 0 atom stereocenters. The van der Waals surface area contributed by atoms with Crippen LogP contribution in [0.25, 0.3) is 16.4 Å². The molecule has 6 nitrogen and oxygen atoms in total. The van der Waals surface area contributed by atoms with Crippen molar-refractivity contribution in [1.82, 2.24) is 19.7 Å². The second-order valence-corrected chi connectivity index (χ2v) is 6.65. The fraction of sp³-hybridized carbons (Fsp3) is 0. The second-order valence-electron chi connectivity index (χ2n) is 5.35. The Morgan fingerprint density at radius 2 is 2.00 bits per heavy atom. The van der Waals surface area contributed by atoms with Crippen LogP contribution in [0, 0.1) is 0 Å². The molecule has 0 saturated carbocycles. The van der Waals surface area contributed by atoms with Gasteiger partial charge in [0, 0.05) is 28.4 Å². The van der Waals surface area contributed by atoms with Crippen LogP contribution in [0.1, 0.15) is 10.5 Å². The van der Waals surface area contributed by atoms with E-state index in [-0.39, 0.29) is 5.91 Å². The predicted octanol–water partition coefficient (Wildman–Crippen LogP) is 4.30. The smallest absolute Gasteiger partial charge is 0.275 e. The quantitative estimate of drug-likeness (QED) is 0.572. The van der Waals surface area contributed by atoms with E-state index in [1.165, 1.54) is 11.3 Å². The number of nitrogens with zero attached hydrogens (tertiary/aromatic N) is 4. The summed E-state index contributed by atoms with van der Waals surface area (Å²) in [5.74, 6) is 0.391. The number of aromatic nitrogens is 4. The number of benzene rings is 1. The molecule has 0 aliphatic rings. The van der Waals surface area contributed by atoms with Crippen molar-refractivity contribution in [3.63, 3.8) is 0 Å². The van der Waals surface area contributed by atoms with Gasteiger partial charge in [-0.1, -0.05) is 23.7 Å². The molecular weight excluding hydrogens is 370 g/mol. The number of anilines is 1. The maximum atomic E-state index is 12.4. The highest BCUT2D eigenvalue weighted by Gasteiger charge is 2.12. The van der Waals surface area contributed by atoms with Crippen LogP contribution in [0.4, 0.5) is 5.69 Å². The first-order chi connectivity index (χ1) is 12.7. The molecule has 0 spiro atoms. The molecule has 3 aromatic heterocycles. The van der Waals surface area contributed by atoms with Crippen LogP contribution in [0.2, 0.25) is 5.02 Å². The van der Waals surface area contributed by atoms with Gasteiger partial charge in [-0.3, -0.25) is 4.79 Å². The standard InChI is InChI=1S/C18H12ClN5OS/c19-13-4-2-12(3-5-13)18-23-15(11-26-18)17(25)22-14-6-7-16(20-10-14)24-9-1-8-21-24/h1-11H,(H,22,25). The number of hydrogen-bond donors (Lipinski definition) is 1. The van der Waals surface area contributed by atoms with Crippen molar-refractivity contribution in [2.75, 3.05) is 5.32 Å². The lowest BCUT2D eigenvalue weighted by Gasteiger charge is -2.04. The number of carbonyl (C=O) groups excluding carboxylic acids is 1. The molecule has 1 aromatic carbocycles. The molecule has 4 rings (SSSR count). The van der Waals surface area contributed by atoms with Crippen LogP contribution in [0.3, 0.4) is 0 Å². The minimum absolute atomic E-state index is 0.282. The van der Waals surface area contributed by atoms with E-state index >= 15 is 0 Å². The summed E-state index contributed by atoms with van der Waals surface area (Å²) in [6, 6.07) is 12.7. The Morgan fingerprint density at radius 3 is 2.69 bits per heavy atom.